The average Bonchev–Trinajstić information content (AvgIpc) is 1.36. The first-order chi connectivity index (χ1) is 3.00. The van der Waals surface area contributed by atoms with Crippen molar-refractivity contribution in [3.63, 3.8) is 0 Å². The molecule has 0 spiro atoms. The molecule has 0 aliphatic rings. The van der Waals surface area contributed by atoms with Crippen molar-refractivity contribution in [3.8, 4) is 0 Å². The molecule has 0 aliphatic heterocycles. The van der Waals surface area contributed by atoms with Crippen LogP contribution >= 0.6 is 11.9 Å². The van der Waals surface area contributed by atoms with E-state index in [0.29, 0.717) is 0 Å². The van der Waals surface area contributed by atoms with Gasteiger partial charge in [0.15, 0.2) is 0 Å². The quantitative estimate of drug-likeness (QED) is 0.340. The van der Waals surface area contributed by atoms with Crippen LogP contribution in [0.2, 0.25) is 0 Å². The SMILES string of the molecule is O=S(=O)([O-])[O-].OCl.[Cu+].[Cu+]. The van der Waals surface area contributed by atoms with Gasteiger partial charge < -0.3 is 9.11 Å². The third kappa shape index (κ3) is 349. The van der Waals surface area contributed by atoms with E-state index in [0.717, 1.165) is 0 Å². The molecule has 9 heteroatoms. The van der Waals surface area contributed by atoms with Crippen LogP contribution in [0.1, 0.15) is 0 Å². The Morgan fingerprint density at radius 2 is 1.11 bits per heavy atom. The molecule has 0 aromatic rings. The molecule has 0 aromatic heterocycles. The number of hydrogen-bond acceptors (Lipinski definition) is 5. The van der Waals surface area contributed by atoms with Crippen molar-refractivity contribution in [1.29, 1.82) is 0 Å². The zero-order valence-electron chi connectivity index (χ0n) is 3.47. The van der Waals surface area contributed by atoms with E-state index >= 15 is 0 Å². The maximum Gasteiger partial charge on any atom is 1.00 e. The first-order valence-electron chi connectivity index (χ1n) is 0.836. The zero-order chi connectivity index (χ0) is 6.50. The van der Waals surface area contributed by atoms with Gasteiger partial charge in [0.2, 0.25) is 0 Å². The molecule has 0 fully saturated rings. The molecular formula is HClCu2O5S. The minimum absolute atomic E-state index is 0. The van der Waals surface area contributed by atoms with Crippen LogP contribution in [0, 0.1) is 0 Å². The molecule has 0 atom stereocenters. The maximum absolute atomic E-state index is 8.52. The molecule has 0 amide bonds. The number of hydrogen-bond donors (Lipinski definition) is 1. The Kier molecular flexibility index (Phi) is 29.7. The Morgan fingerprint density at radius 3 is 1.11 bits per heavy atom. The Labute approximate surface area is 78.5 Å². The third-order valence-electron chi connectivity index (χ3n) is 0. The van der Waals surface area contributed by atoms with Crippen molar-refractivity contribution >= 4 is 22.3 Å². The van der Waals surface area contributed by atoms with Crippen molar-refractivity contribution < 1.29 is 56.3 Å². The van der Waals surface area contributed by atoms with Crippen molar-refractivity contribution in [1.82, 2.24) is 0 Å². The summed E-state index contributed by atoms with van der Waals surface area (Å²) in [6, 6.07) is 0. The molecule has 9 heavy (non-hydrogen) atoms. The topological polar surface area (TPSA) is 100 Å². The minimum Gasteiger partial charge on any atom is -0.759 e. The molecule has 0 rings (SSSR count). The Hall–Kier alpha value is 1.16. The van der Waals surface area contributed by atoms with Crippen LogP contribution < -0.4 is 0 Å². The monoisotopic (exact) mass is 274 g/mol. The fraction of sp³-hybridized carbons (Fsp3) is 0. The van der Waals surface area contributed by atoms with Crippen molar-refractivity contribution in [2.75, 3.05) is 0 Å². The molecule has 0 heterocycles. The summed E-state index contributed by atoms with van der Waals surface area (Å²) >= 11 is 3.64. The van der Waals surface area contributed by atoms with E-state index in [1.165, 1.54) is 0 Å². The van der Waals surface area contributed by atoms with Gasteiger partial charge in [-0.25, -0.2) is 0 Å². The number of halogens is 1. The Bertz CT molecular complexity index is 98.1. The first kappa shape index (κ1) is 22.5. The molecule has 0 saturated heterocycles. The van der Waals surface area contributed by atoms with Crippen LogP contribution in [0.4, 0.5) is 0 Å². The fourth-order valence-corrected chi connectivity index (χ4v) is 0. The molecular weight excluding hydrogens is 275 g/mol. The van der Waals surface area contributed by atoms with E-state index < -0.39 is 10.4 Å². The van der Waals surface area contributed by atoms with Crippen LogP contribution in [0.25, 0.3) is 0 Å². The zero-order valence-corrected chi connectivity index (χ0v) is 6.93. The van der Waals surface area contributed by atoms with Gasteiger partial charge in [0.05, 0.1) is 11.9 Å². The van der Waals surface area contributed by atoms with Crippen molar-refractivity contribution in [2.45, 2.75) is 0 Å². The van der Waals surface area contributed by atoms with E-state index in [-0.39, 0.29) is 34.1 Å². The summed E-state index contributed by atoms with van der Waals surface area (Å²) in [5, 5.41) is 0. The van der Waals surface area contributed by atoms with Crippen molar-refractivity contribution in [3.05, 3.63) is 0 Å². The minimum atomic E-state index is -5.17. The van der Waals surface area contributed by atoms with Gasteiger partial charge in [-0.1, -0.05) is 0 Å². The second-order valence-electron chi connectivity index (χ2n) is 0.408. The Morgan fingerprint density at radius 1 is 1.11 bits per heavy atom. The van der Waals surface area contributed by atoms with Gasteiger partial charge in [0, 0.05) is 10.4 Å². The Balaban J connectivity index is -0.0000000286. The van der Waals surface area contributed by atoms with Crippen molar-refractivity contribution in [2.24, 2.45) is 0 Å². The summed E-state index contributed by atoms with van der Waals surface area (Å²) in [7, 11) is -5.17. The van der Waals surface area contributed by atoms with Gasteiger partial charge in [-0.15, -0.1) is 0 Å². The van der Waals surface area contributed by atoms with Gasteiger partial charge in [-0.05, 0) is 0 Å². The van der Waals surface area contributed by atoms with Crippen LogP contribution in [-0.2, 0) is 44.5 Å². The average molecular weight is 276 g/mol. The van der Waals surface area contributed by atoms with E-state index in [2.05, 4.69) is 11.9 Å². The van der Waals surface area contributed by atoms with Gasteiger partial charge in [0.25, 0.3) is 0 Å². The van der Waals surface area contributed by atoms with Gasteiger partial charge in [-0.2, -0.15) is 0 Å². The number of rotatable bonds is 0. The summed E-state index contributed by atoms with van der Waals surface area (Å²) in [5.74, 6) is 0. The molecule has 0 radical (unpaired) electrons. The molecule has 66 valence electrons. The predicted molar refractivity (Wildman–Crippen MR) is 18.5 cm³/mol. The molecule has 0 saturated carbocycles. The summed E-state index contributed by atoms with van der Waals surface area (Å²) < 4.78 is 40.6. The first-order valence-corrected chi connectivity index (χ1v) is 2.51. The molecule has 5 nitrogen and oxygen atoms in total. The predicted octanol–water partition coefficient (Wildman–Crippen LogP) is -1.21. The van der Waals surface area contributed by atoms with E-state index in [1.54, 1.807) is 0 Å². The molecule has 1 N–H and O–H groups in total. The second kappa shape index (κ2) is 11.9. The molecule has 0 bridgehead atoms. The molecule has 0 aliphatic carbocycles. The summed E-state index contributed by atoms with van der Waals surface area (Å²) in [5.41, 5.74) is 0. The van der Waals surface area contributed by atoms with Crippen LogP contribution in [0.5, 0.6) is 0 Å². The van der Waals surface area contributed by atoms with Gasteiger partial charge in [0.1, 0.15) is 0 Å². The largest absolute Gasteiger partial charge is 1.00 e. The van der Waals surface area contributed by atoms with Crippen LogP contribution in [-0.4, -0.2) is 22.2 Å². The van der Waals surface area contributed by atoms with Gasteiger partial charge >= 0.3 is 34.1 Å². The fourth-order valence-electron chi connectivity index (χ4n) is 0. The van der Waals surface area contributed by atoms with E-state index in [4.69, 9.17) is 22.2 Å². The van der Waals surface area contributed by atoms with E-state index in [9.17, 15) is 0 Å². The summed E-state index contributed by atoms with van der Waals surface area (Å²) in [4.78, 5) is 0. The maximum atomic E-state index is 8.52. The summed E-state index contributed by atoms with van der Waals surface area (Å²) in [6.07, 6.45) is 0. The van der Waals surface area contributed by atoms with E-state index in [1.807, 2.05) is 0 Å². The summed E-state index contributed by atoms with van der Waals surface area (Å²) in [6.45, 7) is 0. The standard InChI is InChI=1S/ClHO.2Cu.H2O4S/c1-2;;;1-5(2,3)4/h2H;;;(H2,1,2,3,4)/q;2*+1;/p-2. The molecule has 0 unspecified atom stereocenters. The van der Waals surface area contributed by atoms with Gasteiger partial charge in [-0.3, -0.25) is 13.1 Å². The van der Waals surface area contributed by atoms with Crippen LogP contribution in [0.3, 0.4) is 0 Å². The third-order valence-corrected chi connectivity index (χ3v) is 0. The smallest absolute Gasteiger partial charge is 0.759 e. The molecule has 0 aromatic carbocycles. The normalized spacial score (nSPS) is 7.11. The second-order valence-corrected chi connectivity index (χ2v) is 1.22. The van der Waals surface area contributed by atoms with Crippen LogP contribution in [0.15, 0.2) is 0 Å².